The first kappa shape index (κ1) is 17.9. The van der Waals surface area contributed by atoms with Gasteiger partial charge < -0.3 is 24.3 Å². The Labute approximate surface area is 135 Å². The number of aliphatic hydroxyl groups is 1. The van der Waals surface area contributed by atoms with Gasteiger partial charge in [0, 0.05) is 6.54 Å². The van der Waals surface area contributed by atoms with Crippen LogP contribution in [0.25, 0.3) is 0 Å². The average molecular weight is 347 g/mol. The van der Waals surface area contributed by atoms with Crippen molar-refractivity contribution in [2.24, 2.45) is 0 Å². The molecule has 10 heteroatoms. The van der Waals surface area contributed by atoms with Crippen molar-refractivity contribution in [3.8, 4) is 11.5 Å². The van der Waals surface area contributed by atoms with Crippen LogP contribution in [0.3, 0.4) is 0 Å². The summed E-state index contributed by atoms with van der Waals surface area (Å²) >= 11 is 0. The van der Waals surface area contributed by atoms with Crippen molar-refractivity contribution >= 4 is 6.01 Å². The number of nitrogens with zero attached hydrogens (tertiary/aromatic N) is 2. The smallest absolute Gasteiger partial charge is 0.422 e. The molecule has 132 valence electrons. The predicted molar refractivity (Wildman–Crippen MR) is 76.7 cm³/mol. The summed E-state index contributed by atoms with van der Waals surface area (Å²) in [5.74, 6) is 0.296. The highest BCUT2D eigenvalue weighted by atomic mass is 19.4. The molecule has 0 spiro atoms. The molecule has 0 aliphatic heterocycles. The minimum absolute atomic E-state index is 0.0123. The monoisotopic (exact) mass is 347 g/mol. The first-order valence-electron chi connectivity index (χ1n) is 7.03. The fourth-order valence-corrected chi connectivity index (χ4v) is 1.78. The molecule has 0 atom stereocenters. The number of aliphatic hydroxyl groups excluding tert-OH is 1. The molecule has 0 aliphatic rings. The van der Waals surface area contributed by atoms with Crippen molar-refractivity contribution in [2.75, 3.05) is 18.5 Å². The molecular weight excluding hydrogens is 331 g/mol. The van der Waals surface area contributed by atoms with Crippen molar-refractivity contribution in [2.45, 2.75) is 26.3 Å². The maximum atomic E-state index is 12.3. The molecule has 0 unspecified atom stereocenters. The number of rotatable bonds is 8. The van der Waals surface area contributed by atoms with Crippen LogP contribution in [0.5, 0.6) is 11.5 Å². The zero-order valence-corrected chi connectivity index (χ0v) is 12.8. The van der Waals surface area contributed by atoms with Gasteiger partial charge in [0.15, 0.2) is 18.1 Å². The van der Waals surface area contributed by atoms with Crippen molar-refractivity contribution in [3.63, 3.8) is 0 Å². The molecular formula is C14H16F3N3O4. The molecule has 0 aliphatic carbocycles. The highest BCUT2D eigenvalue weighted by Crippen LogP contribution is 2.30. The summed E-state index contributed by atoms with van der Waals surface area (Å²) in [7, 11) is 0. The van der Waals surface area contributed by atoms with E-state index in [9.17, 15) is 13.2 Å². The van der Waals surface area contributed by atoms with E-state index in [1.807, 2.05) is 0 Å². The van der Waals surface area contributed by atoms with E-state index in [1.54, 1.807) is 19.1 Å². The molecule has 7 nitrogen and oxygen atoms in total. The summed E-state index contributed by atoms with van der Waals surface area (Å²) < 4.78 is 51.9. The third-order valence-electron chi connectivity index (χ3n) is 2.75. The third-order valence-corrected chi connectivity index (χ3v) is 2.75. The fourth-order valence-electron chi connectivity index (χ4n) is 1.78. The minimum atomic E-state index is -4.42. The van der Waals surface area contributed by atoms with E-state index >= 15 is 0 Å². The molecule has 0 saturated carbocycles. The van der Waals surface area contributed by atoms with E-state index in [1.165, 1.54) is 6.07 Å². The molecule has 1 heterocycles. The van der Waals surface area contributed by atoms with E-state index in [2.05, 4.69) is 15.5 Å². The van der Waals surface area contributed by atoms with Crippen LogP contribution in [0.1, 0.15) is 18.4 Å². The van der Waals surface area contributed by atoms with Gasteiger partial charge in [0.05, 0.1) is 6.61 Å². The third kappa shape index (κ3) is 5.30. The maximum absolute atomic E-state index is 12.3. The van der Waals surface area contributed by atoms with Crippen LogP contribution >= 0.6 is 0 Å². The Balaban J connectivity index is 2.03. The molecule has 1 aromatic heterocycles. The maximum Gasteiger partial charge on any atom is 0.422 e. The van der Waals surface area contributed by atoms with Gasteiger partial charge in [0.25, 0.3) is 0 Å². The van der Waals surface area contributed by atoms with Crippen LogP contribution in [0.4, 0.5) is 19.2 Å². The van der Waals surface area contributed by atoms with Gasteiger partial charge in [0.1, 0.15) is 6.61 Å². The summed E-state index contributed by atoms with van der Waals surface area (Å²) in [4.78, 5) is 0. The van der Waals surface area contributed by atoms with Gasteiger partial charge in [-0.3, -0.25) is 0 Å². The molecule has 2 N–H and O–H groups in total. The Hall–Kier alpha value is -2.49. The number of halogens is 3. The van der Waals surface area contributed by atoms with Gasteiger partial charge in [-0.25, -0.2) is 0 Å². The van der Waals surface area contributed by atoms with Gasteiger partial charge in [0.2, 0.25) is 5.89 Å². The average Bonchev–Trinajstić information content (AvgIpc) is 2.99. The van der Waals surface area contributed by atoms with Gasteiger partial charge in [-0.15, -0.1) is 5.10 Å². The van der Waals surface area contributed by atoms with E-state index in [0.717, 1.165) is 0 Å². The largest absolute Gasteiger partial charge is 0.490 e. The topological polar surface area (TPSA) is 89.6 Å². The number of alkyl halides is 3. The zero-order valence-electron chi connectivity index (χ0n) is 12.8. The van der Waals surface area contributed by atoms with Gasteiger partial charge >= 0.3 is 12.2 Å². The molecule has 24 heavy (non-hydrogen) atoms. The van der Waals surface area contributed by atoms with Crippen molar-refractivity contribution in [3.05, 3.63) is 29.7 Å². The molecule has 0 amide bonds. The highest BCUT2D eigenvalue weighted by Gasteiger charge is 2.29. The minimum Gasteiger partial charge on any atom is -0.490 e. The van der Waals surface area contributed by atoms with E-state index in [-0.39, 0.29) is 43.2 Å². The summed E-state index contributed by atoms with van der Waals surface area (Å²) in [6.07, 6.45) is -4.42. The Morgan fingerprint density at radius 1 is 1.21 bits per heavy atom. The summed E-state index contributed by atoms with van der Waals surface area (Å²) in [6.45, 7) is 0.508. The lowest BCUT2D eigenvalue weighted by Gasteiger charge is -2.14. The number of hydrogen-bond donors (Lipinski definition) is 2. The SMILES string of the molecule is CCOc1cc(CNc2nnc(CO)o2)ccc1OCC(F)(F)F. The number of benzene rings is 1. The number of aromatic nitrogens is 2. The Morgan fingerprint density at radius 3 is 2.62 bits per heavy atom. The van der Waals surface area contributed by atoms with Crippen LogP contribution in [0.15, 0.2) is 22.6 Å². The lowest BCUT2D eigenvalue weighted by Crippen LogP contribution is -2.19. The summed E-state index contributed by atoms with van der Waals surface area (Å²) in [5, 5.41) is 18.9. The number of hydrogen-bond acceptors (Lipinski definition) is 7. The molecule has 2 aromatic rings. The Kier molecular flexibility index (Phi) is 5.85. The molecule has 1 aromatic carbocycles. The first-order chi connectivity index (χ1) is 11.4. The van der Waals surface area contributed by atoms with Crippen molar-refractivity contribution in [1.29, 1.82) is 0 Å². The van der Waals surface area contributed by atoms with Gasteiger partial charge in [-0.1, -0.05) is 11.2 Å². The highest BCUT2D eigenvalue weighted by molar-refractivity contribution is 5.43. The molecule has 0 saturated heterocycles. The Bertz CT molecular complexity index is 661. The number of nitrogens with one attached hydrogen (secondary N) is 1. The number of anilines is 1. The summed E-state index contributed by atoms with van der Waals surface area (Å²) in [6, 6.07) is 4.67. The van der Waals surface area contributed by atoms with Gasteiger partial charge in [-0.05, 0) is 24.6 Å². The van der Waals surface area contributed by atoms with Crippen LogP contribution in [0.2, 0.25) is 0 Å². The number of ether oxygens (including phenoxy) is 2. The fraction of sp³-hybridized carbons (Fsp3) is 0.429. The van der Waals surface area contributed by atoms with Crippen LogP contribution in [-0.2, 0) is 13.2 Å². The quantitative estimate of drug-likeness (QED) is 0.758. The van der Waals surface area contributed by atoms with Crippen LogP contribution < -0.4 is 14.8 Å². The Morgan fingerprint density at radius 2 is 2.00 bits per heavy atom. The van der Waals surface area contributed by atoms with Gasteiger partial charge in [-0.2, -0.15) is 13.2 Å². The molecule has 0 radical (unpaired) electrons. The van der Waals surface area contributed by atoms with Crippen LogP contribution in [0, 0.1) is 0 Å². The second-order valence-corrected chi connectivity index (χ2v) is 4.63. The van der Waals surface area contributed by atoms with Crippen molar-refractivity contribution in [1.82, 2.24) is 10.2 Å². The molecule has 0 bridgehead atoms. The summed E-state index contributed by atoms with van der Waals surface area (Å²) in [5.41, 5.74) is 0.710. The predicted octanol–water partition coefficient (Wildman–Crippen LogP) is 2.51. The normalized spacial score (nSPS) is 11.4. The van der Waals surface area contributed by atoms with E-state index in [4.69, 9.17) is 19.0 Å². The molecule has 0 fully saturated rings. The zero-order chi connectivity index (χ0) is 17.6. The second kappa shape index (κ2) is 7.86. The van der Waals surface area contributed by atoms with E-state index in [0.29, 0.717) is 5.56 Å². The van der Waals surface area contributed by atoms with Crippen LogP contribution in [-0.4, -0.2) is 34.7 Å². The first-order valence-corrected chi connectivity index (χ1v) is 7.03. The molecule has 2 rings (SSSR count). The lowest BCUT2D eigenvalue weighted by atomic mass is 10.2. The van der Waals surface area contributed by atoms with Crippen molar-refractivity contribution < 1.29 is 32.2 Å². The second-order valence-electron chi connectivity index (χ2n) is 4.63. The standard InChI is InChI=1S/C14H16F3N3O4/c1-2-22-11-5-9(3-4-10(11)23-8-14(15,16)17)6-18-13-20-19-12(7-21)24-13/h3-5,21H,2,6-8H2,1H3,(H,18,20). The van der Waals surface area contributed by atoms with E-state index < -0.39 is 12.8 Å². The lowest BCUT2D eigenvalue weighted by molar-refractivity contribution is -0.153.